The average Bonchev–Trinajstić information content (AvgIpc) is 3.10. The summed E-state index contributed by atoms with van der Waals surface area (Å²) >= 11 is 0. The Bertz CT molecular complexity index is 936. The van der Waals surface area contributed by atoms with Crippen molar-refractivity contribution in [1.82, 2.24) is 0 Å². The molecule has 1 aromatic carbocycles. The Labute approximate surface area is 283 Å². The standard InChI is InChI=1S/C31H49F5O13/c1-2-38-5-6-40-9-10-42-13-14-44-17-18-46-21-22-48-24-23-47-20-19-45-16-15-43-12-11-41-8-7-39-4-3-25(37)49-31-29(35)27(33)26(32)28(34)30(31)36/h2-24H2,1H3. The van der Waals surface area contributed by atoms with E-state index in [2.05, 4.69) is 4.74 Å². The van der Waals surface area contributed by atoms with E-state index in [0.717, 1.165) is 0 Å². The van der Waals surface area contributed by atoms with Gasteiger partial charge in [0.25, 0.3) is 0 Å². The van der Waals surface area contributed by atoms with Gasteiger partial charge in [-0.2, -0.15) is 8.78 Å². The van der Waals surface area contributed by atoms with Gasteiger partial charge in [-0.3, -0.25) is 4.79 Å². The predicted octanol–water partition coefficient (Wildman–Crippen LogP) is 2.88. The van der Waals surface area contributed by atoms with Crippen LogP contribution in [0.25, 0.3) is 0 Å². The Hall–Kier alpha value is -2.10. The van der Waals surface area contributed by atoms with Crippen LogP contribution in [-0.2, 0) is 56.9 Å². The molecule has 0 radical (unpaired) electrons. The van der Waals surface area contributed by atoms with E-state index in [4.69, 9.17) is 52.1 Å². The van der Waals surface area contributed by atoms with Crippen molar-refractivity contribution in [3.05, 3.63) is 29.1 Å². The summed E-state index contributed by atoms with van der Waals surface area (Å²) in [7, 11) is 0. The van der Waals surface area contributed by atoms with Gasteiger partial charge >= 0.3 is 5.97 Å². The highest BCUT2D eigenvalue weighted by atomic mass is 19.2. The van der Waals surface area contributed by atoms with Crippen LogP contribution in [0.4, 0.5) is 22.0 Å². The lowest BCUT2D eigenvalue weighted by atomic mass is 10.2. The first-order valence-electron chi connectivity index (χ1n) is 16.0. The molecule has 0 spiro atoms. The van der Waals surface area contributed by atoms with Crippen LogP contribution < -0.4 is 4.74 Å². The van der Waals surface area contributed by atoms with Crippen molar-refractivity contribution in [2.75, 3.05) is 145 Å². The molecular formula is C31H49F5O13. The third-order valence-electron chi connectivity index (χ3n) is 5.76. The summed E-state index contributed by atoms with van der Waals surface area (Å²) in [5.41, 5.74) is 0. The quantitative estimate of drug-likeness (QED) is 0.0255. The number of halogens is 5. The van der Waals surface area contributed by atoms with Crippen molar-refractivity contribution in [3.63, 3.8) is 0 Å². The molecule has 0 aliphatic heterocycles. The van der Waals surface area contributed by atoms with Crippen LogP contribution in [0.5, 0.6) is 5.75 Å². The van der Waals surface area contributed by atoms with Crippen molar-refractivity contribution >= 4 is 5.97 Å². The molecule has 0 aromatic heterocycles. The summed E-state index contributed by atoms with van der Waals surface area (Å²) in [6, 6.07) is 0. The van der Waals surface area contributed by atoms with Crippen molar-refractivity contribution in [2.45, 2.75) is 13.3 Å². The molecule has 18 heteroatoms. The maximum Gasteiger partial charge on any atom is 0.313 e. The second-order valence-electron chi connectivity index (χ2n) is 9.44. The fourth-order valence-corrected chi connectivity index (χ4v) is 3.34. The number of ether oxygens (including phenoxy) is 12. The van der Waals surface area contributed by atoms with Crippen LogP contribution in [-0.4, -0.2) is 151 Å². The monoisotopic (exact) mass is 724 g/mol. The van der Waals surface area contributed by atoms with Crippen LogP contribution in [0, 0.1) is 29.1 Å². The average molecular weight is 725 g/mol. The van der Waals surface area contributed by atoms with E-state index in [1.807, 2.05) is 6.92 Å². The zero-order valence-electron chi connectivity index (χ0n) is 28.0. The highest BCUT2D eigenvalue weighted by Crippen LogP contribution is 2.29. The minimum absolute atomic E-state index is 0.0815. The Morgan fingerprint density at radius 2 is 0.592 bits per heavy atom. The van der Waals surface area contributed by atoms with Crippen molar-refractivity contribution in [2.24, 2.45) is 0 Å². The number of carbonyl (C=O) groups is 1. The molecule has 0 aliphatic rings. The number of esters is 1. The zero-order chi connectivity index (χ0) is 35.8. The van der Waals surface area contributed by atoms with Crippen molar-refractivity contribution in [1.29, 1.82) is 0 Å². The third kappa shape index (κ3) is 23.9. The van der Waals surface area contributed by atoms with E-state index in [-0.39, 0.29) is 26.4 Å². The Morgan fingerprint density at radius 1 is 0.367 bits per heavy atom. The van der Waals surface area contributed by atoms with Crippen molar-refractivity contribution in [3.8, 4) is 5.75 Å². The molecule has 49 heavy (non-hydrogen) atoms. The molecule has 0 saturated heterocycles. The molecule has 0 N–H and O–H groups in total. The summed E-state index contributed by atoms with van der Waals surface area (Å²) < 4.78 is 129. The van der Waals surface area contributed by atoms with Crippen LogP contribution in [0.3, 0.4) is 0 Å². The third-order valence-corrected chi connectivity index (χ3v) is 5.76. The smallest absolute Gasteiger partial charge is 0.313 e. The SMILES string of the molecule is CCOCCOCCOCCOCCOCCOCCOCCOCCOCCOCCOCCC(=O)Oc1c(F)c(F)c(F)c(F)c1F. The first-order chi connectivity index (χ1) is 23.9. The maximum absolute atomic E-state index is 13.5. The summed E-state index contributed by atoms with van der Waals surface area (Å²) in [5, 5.41) is 0. The molecular weight excluding hydrogens is 675 g/mol. The molecule has 0 saturated carbocycles. The molecule has 0 bridgehead atoms. The lowest BCUT2D eigenvalue weighted by Crippen LogP contribution is -2.16. The van der Waals surface area contributed by atoms with E-state index < -0.39 is 47.2 Å². The number of hydrogen-bond acceptors (Lipinski definition) is 13. The summed E-state index contributed by atoms with van der Waals surface area (Å²) in [6.07, 6.45) is -0.486. The van der Waals surface area contributed by atoms with E-state index in [1.54, 1.807) is 0 Å². The van der Waals surface area contributed by atoms with Crippen LogP contribution in [0.15, 0.2) is 0 Å². The van der Waals surface area contributed by atoms with Crippen molar-refractivity contribution < 1.29 is 83.6 Å². The summed E-state index contributed by atoms with van der Waals surface area (Å²) in [5.74, 6) is -14.1. The second kappa shape index (κ2) is 31.9. The predicted molar refractivity (Wildman–Crippen MR) is 161 cm³/mol. The van der Waals surface area contributed by atoms with Crippen LogP contribution >= 0.6 is 0 Å². The van der Waals surface area contributed by atoms with Crippen LogP contribution in [0.2, 0.25) is 0 Å². The van der Waals surface area contributed by atoms with Crippen LogP contribution in [0.1, 0.15) is 13.3 Å². The van der Waals surface area contributed by atoms with Gasteiger partial charge in [0.1, 0.15) is 0 Å². The van der Waals surface area contributed by atoms with Gasteiger partial charge in [0, 0.05) is 6.61 Å². The Kier molecular flexibility index (Phi) is 29.2. The number of benzene rings is 1. The largest absolute Gasteiger partial charge is 0.420 e. The Balaban J connectivity index is 1.75. The number of rotatable bonds is 35. The first-order valence-corrected chi connectivity index (χ1v) is 16.0. The lowest BCUT2D eigenvalue weighted by Gasteiger charge is -2.09. The normalized spacial score (nSPS) is 11.5. The van der Waals surface area contributed by atoms with E-state index in [0.29, 0.717) is 119 Å². The molecule has 0 amide bonds. The molecule has 0 fully saturated rings. The van der Waals surface area contributed by atoms with E-state index in [9.17, 15) is 26.7 Å². The van der Waals surface area contributed by atoms with Gasteiger partial charge in [0.2, 0.25) is 34.8 Å². The Morgan fingerprint density at radius 3 is 0.857 bits per heavy atom. The van der Waals surface area contributed by atoms with E-state index >= 15 is 0 Å². The van der Waals surface area contributed by atoms with Gasteiger partial charge in [-0.15, -0.1) is 0 Å². The molecule has 1 rings (SSSR count). The van der Waals surface area contributed by atoms with Gasteiger partial charge in [0.15, 0.2) is 0 Å². The molecule has 13 nitrogen and oxygen atoms in total. The van der Waals surface area contributed by atoms with Gasteiger partial charge in [0.05, 0.1) is 145 Å². The van der Waals surface area contributed by atoms with Gasteiger partial charge in [-0.1, -0.05) is 0 Å². The zero-order valence-corrected chi connectivity index (χ0v) is 28.0. The molecule has 0 aliphatic carbocycles. The first kappa shape index (κ1) is 44.9. The lowest BCUT2D eigenvalue weighted by molar-refractivity contribution is -0.136. The summed E-state index contributed by atoms with van der Waals surface area (Å²) in [4.78, 5) is 11.6. The van der Waals surface area contributed by atoms with Gasteiger partial charge < -0.3 is 56.8 Å². The minimum atomic E-state index is -2.35. The molecule has 1 aromatic rings. The topological polar surface area (TPSA) is 128 Å². The molecule has 286 valence electrons. The fraction of sp³-hybridized carbons (Fsp3) is 0.774. The molecule has 0 unspecified atom stereocenters. The molecule has 0 atom stereocenters. The second-order valence-corrected chi connectivity index (χ2v) is 9.44. The number of hydrogen-bond donors (Lipinski definition) is 0. The molecule has 0 heterocycles. The van der Waals surface area contributed by atoms with E-state index in [1.165, 1.54) is 0 Å². The fourth-order valence-electron chi connectivity index (χ4n) is 3.34. The van der Waals surface area contributed by atoms with Gasteiger partial charge in [-0.25, -0.2) is 13.2 Å². The summed E-state index contributed by atoms with van der Waals surface area (Å²) in [6.45, 7) is 10.8. The number of carbonyl (C=O) groups excluding carboxylic acids is 1. The maximum atomic E-state index is 13.5. The highest BCUT2D eigenvalue weighted by Gasteiger charge is 2.28. The minimum Gasteiger partial charge on any atom is -0.420 e. The van der Waals surface area contributed by atoms with Gasteiger partial charge in [-0.05, 0) is 6.92 Å². The highest BCUT2D eigenvalue weighted by molar-refractivity contribution is 5.72.